The lowest BCUT2D eigenvalue weighted by Gasteiger charge is -2.39. The van der Waals surface area contributed by atoms with E-state index in [0.29, 0.717) is 25.3 Å². The van der Waals surface area contributed by atoms with Crippen molar-refractivity contribution in [1.82, 2.24) is 9.44 Å². The summed E-state index contributed by atoms with van der Waals surface area (Å²) in [6.07, 6.45) is 4.40. The van der Waals surface area contributed by atoms with Crippen LogP contribution in [0.15, 0.2) is 0 Å². The second-order valence-corrected chi connectivity index (χ2v) is 8.09. The largest absolute Gasteiger partial charge is 0.392 e. The molecule has 0 heterocycles. The molecule has 0 aromatic heterocycles. The number of nitrogens with two attached hydrogens (primary N) is 1. The molecule has 0 amide bonds. The van der Waals surface area contributed by atoms with Crippen LogP contribution in [0.1, 0.15) is 52.9 Å². The van der Waals surface area contributed by atoms with Crippen molar-refractivity contribution >= 4 is 27.4 Å². The zero-order valence-electron chi connectivity index (χ0n) is 12.6. The maximum Gasteiger partial charge on any atom is 0.277 e. The predicted molar refractivity (Wildman–Crippen MR) is 86.7 cm³/mol. The van der Waals surface area contributed by atoms with Crippen molar-refractivity contribution in [3.8, 4) is 0 Å². The molecule has 0 aromatic carbocycles. The summed E-state index contributed by atoms with van der Waals surface area (Å²) < 4.78 is 29.5. The lowest BCUT2D eigenvalue weighted by molar-refractivity contribution is 0.268. The van der Waals surface area contributed by atoms with E-state index in [1.165, 1.54) is 0 Å². The summed E-state index contributed by atoms with van der Waals surface area (Å²) in [5, 5.41) is 0. The van der Waals surface area contributed by atoms with Crippen LogP contribution in [-0.4, -0.2) is 25.5 Å². The van der Waals surface area contributed by atoms with Gasteiger partial charge in [0, 0.05) is 6.54 Å². The summed E-state index contributed by atoms with van der Waals surface area (Å²) in [4.78, 5) is 0.252. The molecule has 20 heavy (non-hydrogen) atoms. The average Bonchev–Trinajstić information content (AvgIpc) is 2.37. The first kappa shape index (κ1) is 17.8. The van der Waals surface area contributed by atoms with E-state index < -0.39 is 15.7 Å². The number of hydrogen-bond donors (Lipinski definition) is 3. The molecular formula is C13H27N3O2S2. The first-order valence-electron chi connectivity index (χ1n) is 7.29. The molecule has 0 radical (unpaired) electrons. The quantitative estimate of drug-likeness (QED) is 0.623. The van der Waals surface area contributed by atoms with Gasteiger partial charge in [-0.3, -0.25) is 0 Å². The summed E-state index contributed by atoms with van der Waals surface area (Å²) >= 11 is 5.13. The Morgan fingerprint density at radius 3 is 2.35 bits per heavy atom. The van der Waals surface area contributed by atoms with Crippen LogP contribution >= 0.6 is 12.2 Å². The molecule has 4 N–H and O–H groups in total. The third-order valence-electron chi connectivity index (χ3n) is 4.02. The maximum atomic E-state index is 12.1. The van der Waals surface area contributed by atoms with Gasteiger partial charge in [0.1, 0.15) is 0 Å². The smallest absolute Gasteiger partial charge is 0.277 e. The van der Waals surface area contributed by atoms with Crippen LogP contribution in [0, 0.1) is 11.8 Å². The van der Waals surface area contributed by atoms with Crippen LogP contribution in [0.25, 0.3) is 0 Å². The van der Waals surface area contributed by atoms with Gasteiger partial charge in [-0.25, -0.2) is 4.72 Å². The lowest BCUT2D eigenvalue weighted by Crippen LogP contribution is -2.60. The van der Waals surface area contributed by atoms with Crippen LogP contribution in [0.4, 0.5) is 0 Å². The van der Waals surface area contributed by atoms with Crippen LogP contribution in [0.5, 0.6) is 0 Å². The molecule has 1 fully saturated rings. The van der Waals surface area contributed by atoms with Crippen LogP contribution in [0.2, 0.25) is 0 Å². The van der Waals surface area contributed by atoms with Crippen molar-refractivity contribution in [2.24, 2.45) is 17.6 Å². The highest BCUT2D eigenvalue weighted by Crippen LogP contribution is 2.34. The van der Waals surface area contributed by atoms with E-state index >= 15 is 0 Å². The van der Waals surface area contributed by atoms with Crippen molar-refractivity contribution in [3.63, 3.8) is 0 Å². The number of rotatable bonds is 7. The van der Waals surface area contributed by atoms with Gasteiger partial charge in [0.05, 0.1) is 10.5 Å². The van der Waals surface area contributed by atoms with Gasteiger partial charge in [0.2, 0.25) is 0 Å². The Bertz CT molecular complexity index is 427. The Morgan fingerprint density at radius 2 is 1.95 bits per heavy atom. The van der Waals surface area contributed by atoms with E-state index in [1.54, 1.807) is 0 Å². The van der Waals surface area contributed by atoms with E-state index in [-0.39, 0.29) is 10.9 Å². The molecule has 0 atom stereocenters. The Labute approximate surface area is 128 Å². The fourth-order valence-corrected chi connectivity index (χ4v) is 4.32. The molecule has 0 aliphatic heterocycles. The van der Waals surface area contributed by atoms with Gasteiger partial charge in [0.15, 0.2) is 0 Å². The predicted octanol–water partition coefficient (Wildman–Crippen LogP) is 1.69. The minimum Gasteiger partial charge on any atom is -0.392 e. The third-order valence-corrected chi connectivity index (χ3v) is 5.62. The lowest BCUT2D eigenvalue weighted by atomic mass is 9.76. The summed E-state index contributed by atoms with van der Waals surface area (Å²) in [5.74, 6) is 0.897. The highest BCUT2D eigenvalue weighted by atomic mass is 32.2. The monoisotopic (exact) mass is 321 g/mol. The molecule has 0 spiro atoms. The highest BCUT2D eigenvalue weighted by Gasteiger charge is 2.40. The Kier molecular flexibility index (Phi) is 6.37. The zero-order chi connectivity index (χ0) is 15.4. The van der Waals surface area contributed by atoms with Gasteiger partial charge >= 0.3 is 0 Å². The minimum absolute atomic E-state index is 0.252. The topological polar surface area (TPSA) is 84.2 Å². The molecule has 0 aromatic rings. The standard InChI is InChI=1S/C13H27N3O2S2/c1-4-11-5-7-13(8-6-11,12(14)19)16-20(17,18)15-9-10(2)3/h10-11,15-16H,4-9H2,1-3H3,(H2,14,19). The van der Waals surface area contributed by atoms with Crippen molar-refractivity contribution < 1.29 is 8.42 Å². The molecule has 1 aliphatic rings. The van der Waals surface area contributed by atoms with Gasteiger partial charge in [-0.05, 0) is 37.5 Å². The van der Waals surface area contributed by atoms with Gasteiger partial charge in [-0.15, -0.1) is 0 Å². The molecular weight excluding hydrogens is 294 g/mol. The molecule has 118 valence electrons. The fourth-order valence-electron chi connectivity index (χ4n) is 2.55. The second-order valence-electron chi connectivity index (χ2n) is 6.15. The molecule has 1 saturated carbocycles. The van der Waals surface area contributed by atoms with Crippen molar-refractivity contribution in [1.29, 1.82) is 0 Å². The Balaban J connectivity index is 2.76. The van der Waals surface area contributed by atoms with Crippen LogP contribution in [-0.2, 0) is 10.2 Å². The van der Waals surface area contributed by atoms with Gasteiger partial charge < -0.3 is 5.73 Å². The second kappa shape index (κ2) is 7.15. The zero-order valence-corrected chi connectivity index (χ0v) is 14.2. The van der Waals surface area contributed by atoms with Gasteiger partial charge in [-0.1, -0.05) is 39.4 Å². The van der Waals surface area contributed by atoms with E-state index in [0.717, 1.165) is 19.3 Å². The van der Waals surface area contributed by atoms with E-state index in [4.69, 9.17) is 18.0 Å². The van der Waals surface area contributed by atoms with E-state index in [9.17, 15) is 8.42 Å². The first-order valence-corrected chi connectivity index (χ1v) is 9.18. The summed E-state index contributed by atoms with van der Waals surface area (Å²) in [6.45, 7) is 6.48. The number of nitrogens with one attached hydrogen (secondary N) is 2. The van der Waals surface area contributed by atoms with Crippen LogP contribution in [0.3, 0.4) is 0 Å². The Morgan fingerprint density at radius 1 is 1.40 bits per heavy atom. The van der Waals surface area contributed by atoms with E-state index in [1.807, 2.05) is 13.8 Å². The number of hydrogen-bond acceptors (Lipinski definition) is 3. The molecule has 0 bridgehead atoms. The SMILES string of the molecule is CCC1CCC(NS(=O)(=O)NCC(C)C)(C(N)=S)CC1. The third kappa shape index (κ3) is 4.95. The summed E-state index contributed by atoms with van der Waals surface area (Å²) in [7, 11) is -3.57. The van der Waals surface area contributed by atoms with Gasteiger partial charge in [0.25, 0.3) is 10.2 Å². The summed E-state index contributed by atoms with van der Waals surface area (Å²) in [5.41, 5.74) is 5.07. The minimum atomic E-state index is -3.57. The Hall–Kier alpha value is -0.240. The molecule has 1 rings (SSSR count). The van der Waals surface area contributed by atoms with Gasteiger partial charge in [-0.2, -0.15) is 13.1 Å². The highest BCUT2D eigenvalue weighted by molar-refractivity contribution is 7.87. The molecule has 0 unspecified atom stereocenters. The summed E-state index contributed by atoms with van der Waals surface area (Å²) in [6, 6.07) is 0. The molecule has 7 heteroatoms. The average molecular weight is 322 g/mol. The normalized spacial score (nSPS) is 27.7. The molecule has 1 aliphatic carbocycles. The number of thiocarbonyl (C=S) groups is 1. The van der Waals surface area contributed by atoms with Crippen molar-refractivity contribution in [3.05, 3.63) is 0 Å². The van der Waals surface area contributed by atoms with E-state index in [2.05, 4.69) is 16.4 Å². The maximum absolute atomic E-state index is 12.1. The first-order chi connectivity index (χ1) is 9.21. The van der Waals surface area contributed by atoms with Crippen molar-refractivity contribution in [2.45, 2.75) is 58.4 Å². The molecule has 0 saturated heterocycles. The fraction of sp³-hybridized carbons (Fsp3) is 0.923. The van der Waals surface area contributed by atoms with Crippen molar-refractivity contribution in [2.75, 3.05) is 6.54 Å². The van der Waals surface area contributed by atoms with Crippen LogP contribution < -0.4 is 15.2 Å². The molecule has 5 nitrogen and oxygen atoms in total.